The van der Waals surface area contributed by atoms with Gasteiger partial charge in [0.1, 0.15) is 18.8 Å². The van der Waals surface area contributed by atoms with Crippen molar-refractivity contribution in [2.45, 2.75) is 37.5 Å². The van der Waals surface area contributed by atoms with Crippen LogP contribution in [0, 0.1) is 0 Å². The Hall–Kier alpha value is -2.58. The van der Waals surface area contributed by atoms with Gasteiger partial charge >= 0.3 is 13.5 Å². The van der Waals surface area contributed by atoms with Crippen molar-refractivity contribution in [2.75, 3.05) is 13.7 Å². The second kappa shape index (κ2) is 8.65. The Balaban J connectivity index is 1.54. The Morgan fingerprint density at radius 3 is 2.82 bits per heavy atom. The van der Waals surface area contributed by atoms with Gasteiger partial charge in [-0.3, -0.25) is 23.4 Å². The van der Waals surface area contributed by atoms with Crippen molar-refractivity contribution >= 4 is 7.82 Å². The van der Waals surface area contributed by atoms with Gasteiger partial charge in [-0.15, -0.1) is 0 Å². The largest absolute Gasteiger partial charge is 0.530 e. The molecule has 1 aromatic heterocycles. The Morgan fingerprint density at radius 1 is 1.36 bits per heavy atom. The van der Waals surface area contributed by atoms with Gasteiger partial charge in [-0.2, -0.15) is 0 Å². The maximum Gasteiger partial charge on any atom is 0.530 e. The first-order valence-corrected chi connectivity index (χ1v) is 11.0. The molecule has 1 unspecified atom stereocenters. The zero-order valence-corrected chi connectivity index (χ0v) is 17.9. The Kier molecular flexibility index (Phi) is 6.18. The number of rotatable bonds is 6. The predicted molar refractivity (Wildman–Crippen MR) is 105 cm³/mol. The molecule has 0 aliphatic carbocycles. The van der Waals surface area contributed by atoms with Crippen LogP contribution >= 0.6 is 7.82 Å². The molecule has 1 fully saturated rings. The van der Waals surface area contributed by atoms with E-state index in [0.717, 1.165) is 6.20 Å². The zero-order valence-electron chi connectivity index (χ0n) is 17.0. The highest BCUT2D eigenvalue weighted by molar-refractivity contribution is 7.49. The first-order chi connectivity index (χ1) is 15.6. The molecule has 0 saturated carbocycles. The fourth-order valence-electron chi connectivity index (χ4n) is 3.38. The number of phosphoric ester groups is 1. The fraction of sp³-hybridized carbons (Fsp3) is 0.444. The highest BCUT2D eigenvalue weighted by Crippen LogP contribution is 2.57. The van der Waals surface area contributed by atoms with Gasteiger partial charge in [-0.1, -0.05) is 12.1 Å². The van der Waals surface area contributed by atoms with Gasteiger partial charge in [-0.05, 0) is 6.07 Å². The summed E-state index contributed by atoms with van der Waals surface area (Å²) in [6, 6.07) is 4.83. The number of methoxy groups -OCH3 is 1. The second-order valence-corrected chi connectivity index (χ2v) is 8.84. The van der Waals surface area contributed by atoms with Crippen molar-refractivity contribution in [3.8, 4) is 11.5 Å². The first kappa shape index (κ1) is 23.6. The normalized spacial score (nSPS) is 31.1. The number of aliphatic hydroxyl groups excluding tert-OH is 3. The van der Waals surface area contributed by atoms with E-state index in [2.05, 4.69) is 0 Å². The first-order valence-electron chi connectivity index (χ1n) is 9.53. The second-order valence-electron chi connectivity index (χ2n) is 7.24. The average molecular weight is 490 g/mol. The lowest BCUT2D eigenvalue weighted by Crippen LogP contribution is -2.43. The molecule has 33 heavy (non-hydrogen) atoms. The summed E-state index contributed by atoms with van der Waals surface area (Å²) in [5.74, 6) is -2.84. The van der Waals surface area contributed by atoms with Gasteiger partial charge in [0.05, 0.1) is 25.9 Å². The third-order valence-electron chi connectivity index (χ3n) is 5.14. The van der Waals surface area contributed by atoms with Crippen molar-refractivity contribution in [2.24, 2.45) is 0 Å². The maximum atomic E-state index is 15.4. The summed E-state index contributed by atoms with van der Waals surface area (Å²) in [4.78, 5) is 25.6. The molecule has 1 aromatic carbocycles. The summed E-state index contributed by atoms with van der Waals surface area (Å²) in [5.41, 5.74) is -1.74. The highest BCUT2D eigenvalue weighted by Gasteiger charge is 2.57. The smallest absolute Gasteiger partial charge is 0.493 e. The number of nitrogens with one attached hydrogen (secondary N) is 1. The van der Waals surface area contributed by atoms with E-state index in [9.17, 15) is 29.5 Å². The summed E-state index contributed by atoms with van der Waals surface area (Å²) in [7, 11) is -3.03. The van der Waals surface area contributed by atoms with Crippen molar-refractivity contribution < 1.29 is 47.3 Å². The Morgan fingerprint density at radius 2 is 2.12 bits per heavy atom. The SMILES string of the molecule is COc1cccc2c1OP(=O)(OC[C@@]1(F)O[C@@H](n3cc(CO)c(=O)[nH]c3=O)[C@H](O)[C@@H]1O)OC2. The van der Waals surface area contributed by atoms with Crippen molar-refractivity contribution in [1.82, 2.24) is 9.55 Å². The summed E-state index contributed by atoms with van der Waals surface area (Å²) < 4.78 is 54.4. The molecule has 0 amide bonds. The lowest BCUT2D eigenvalue weighted by molar-refractivity contribution is -0.205. The minimum absolute atomic E-state index is 0.0737. The van der Waals surface area contributed by atoms with Crippen LogP contribution in [0.25, 0.3) is 0 Å². The maximum absolute atomic E-state index is 15.4. The van der Waals surface area contributed by atoms with E-state index in [0.29, 0.717) is 10.1 Å². The topological polar surface area (TPSA) is 179 Å². The number of halogens is 1. The predicted octanol–water partition coefficient (Wildman–Crippen LogP) is -0.312. The molecule has 13 nitrogen and oxygen atoms in total. The molecule has 3 heterocycles. The minimum atomic E-state index is -4.39. The summed E-state index contributed by atoms with van der Waals surface area (Å²) in [5, 5.41) is 29.7. The van der Waals surface area contributed by atoms with E-state index >= 15 is 4.39 Å². The molecule has 5 atom stereocenters. The van der Waals surface area contributed by atoms with Gasteiger partial charge in [-0.25, -0.2) is 13.8 Å². The summed E-state index contributed by atoms with van der Waals surface area (Å²) in [6.45, 7) is -2.17. The van der Waals surface area contributed by atoms with E-state index in [1.807, 2.05) is 4.98 Å². The monoisotopic (exact) mass is 490 g/mol. The molecule has 0 spiro atoms. The van der Waals surface area contributed by atoms with Crippen LogP contribution in [0.4, 0.5) is 4.39 Å². The molecule has 180 valence electrons. The van der Waals surface area contributed by atoms with Gasteiger partial charge in [0.2, 0.25) is 0 Å². The summed E-state index contributed by atoms with van der Waals surface area (Å²) >= 11 is 0. The lowest BCUT2D eigenvalue weighted by atomic mass is 10.1. The third kappa shape index (κ3) is 4.22. The third-order valence-corrected chi connectivity index (χ3v) is 6.44. The average Bonchev–Trinajstić information content (AvgIpc) is 3.02. The van der Waals surface area contributed by atoms with Gasteiger partial charge in [0.25, 0.3) is 11.4 Å². The van der Waals surface area contributed by atoms with E-state index in [-0.39, 0.29) is 23.7 Å². The van der Waals surface area contributed by atoms with E-state index in [1.54, 1.807) is 18.2 Å². The number of hydrogen-bond donors (Lipinski definition) is 4. The quantitative estimate of drug-likeness (QED) is 0.390. The van der Waals surface area contributed by atoms with Crippen LogP contribution in [0.1, 0.15) is 17.4 Å². The fourth-order valence-corrected chi connectivity index (χ4v) is 4.62. The molecule has 4 rings (SSSR count). The lowest BCUT2D eigenvalue weighted by Gasteiger charge is -2.28. The molecule has 2 aliphatic heterocycles. The van der Waals surface area contributed by atoms with Crippen LogP contribution in [0.15, 0.2) is 34.0 Å². The van der Waals surface area contributed by atoms with Crippen LogP contribution < -0.4 is 20.5 Å². The molecular weight excluding hydrogens is 470 g/mol. The highest BCUT2D eigenvalue weighted by atomic mass is 31.2. The van der Waals surface area contributed by atoms with Crippen LogP contribution in [-0.4, -0.2) is 56.7 Å². The van der Waals surface area contributed by atoms with Crippen molar-refractivity contribution in [3.63, 3.8) is 0 Å². The number of ether oxygens (including phenoxy) is 2. The van der Waals surface area contributed by atoms with Crippen LogP contribution in [0.3, 0.4) is 0 Å². The summed E-state index contributed by atoms with van der Waals surface area (Å²) in [6.07, 6.45) is -5.20. The molecular formula is C18H20FN2O11P. The molecule has 1 saturated heterocycles. The number of hydrogen-bond acceptors (Lipinski definition) is 11. The minimum Gasteiger partial charge on any atom is -0.493 e. The number of fused-ring (bicyclic) bond motifs is 1. The Labute approximate surface area is 184 Å². The number of aromatic amines is 1. The number of nitrogens with zero attached hydrogens (tertiary/aromatic N) is 1. The van der Waals surface area contributed by atoms with Crippen molar-refractivity contribution in [1.29, 1.82) is 0 Å². The Bertz CT molecular complexity index is 1200. The molecule has 2 aromatic rings. The van der Waals surface area contributed by atoms with Gasteiger partial charge < -0.3 is 29.3 Å². The van der Waals surface area contributed by atoms with Crippen LogP contribution in [-0.2, 0) is 31.6 Å². The number of phosphoric acid groups is 1. The number of H-pyrrole nitrogens is 1. The van der Waals surface area contributed by atoms with Crippen LogP contribution in [0.5, 0.6) is 11.5 Å². The molecule has 15 heteroatoms. The number of benzene rings is 1. The van der Waals surface area contributed by atoms with Crippen molar-refractivity contribution in [3.05, 3.63) is 56.4 Å². The van der Waals surface area contributed by atoms with Gasteiger partial charge in [0, 0.05) is 11.8 Å². The van der Waals surface area contributed by atoms with Crippen LogP contribution in [0.2, 0.25) is 0 Å². The molecule has 0 radical (unpaired) electrons. The molecule has 2 aliphatic rings. The standard InChI is InChI=1S/C18H20FN2O11P/c1-28-11-4-2-3-9-7-29-33(27,32-13(9)11)30-8-18(19)14(24)12(23)16(31-18)21-5-10(6-22)15(25)20-17(21)26/h2-5,12,14,16,22-24H,6-8H2,1H3,(H,20,25,26)/t12-,14+,16-,18-,33?/m1/s1. The number of aliphatic hydroxyl groups is 3. The molecule has 0 bridgehead atoms. The number of aromatic nitrogens is 2. The van der Waals surface area contributed by atoms with E-state index in [4.69, 9.17) is 23.0 Å². The number of alkyl halides is 1. The molecule has 4 N–H and O–H groups in total. The van der Waals surface area contributed by atoms with E-state index in [1.165, 1.54) is 7.11 Å². The van der Waals surface area contributed by atoms with Gasteiger partial charge in [0.15, 0.2) is 17.7 Å². The van der Waals surface area contributed by atoms with E-state index < -0.39 is 56.6 Å². The zero-order chi connectivity index (χ0) is 24.0. The number of para-hydroxylation sites is 1.